The summed E-state index contributed by atoms with van der Waals surface area (Å²) in [7, 11) is -3.41. The first-order chi connectivity index (χ1) is 13.9. The minimum Gasteiger partial charge on any atom is -0.392 e. The van der Waals surface area contributed by atoms with E-state index in [9.17, 15) is 31.5 Å². The van der Waals surface area contributed by atoms with Gasteiger partial charge in [-0.1, -0.05) is 12.1 Å². The van der Waals surface area contributed by atoms with Crippen LogP contribution in [-0.2, 0) is 27.4 Å². The lowest BCUT2D eigenvalue weighted by Gasteiger charge is -2.42. The van der Waals surface area contributed by atoms with Crippen LogP contribution in [0.3, 0.4) is 0 Å². The SMILES string of the molecule is CS(=O)(=O)N1CCN(C(=O)Cc2ccc(C(F)(F)F)cc2)C(CN2CCC(O)C2)C1.Cl. The number of halogens is 4. The van der Waals surface area contributed by atoms with E-state index in [2.05, 4.69) is 0 Å². The van der Waals surface area contributed by atoms with Crippen molar-refractivity contribution >= 4 is 28.3 Å². The van der Waals surface area contributed by atoms with Crippen LogP contribution in [0.5, 0.6) is 0 Å². The summed E-state index contributed by atoms with van der Waals surface area (Å²) in [5.41, 5.74) is -0.306. The van der Waals surface area contributed by atoms with Crippen LogP contribution in [-0.4, -0.2) is 91.2 Å². The Bertz CT molecular complexity index is 867. The molecule has 1 N–H and O–H groups in total. The quantitative estimate of drug-likeness (QED) is 0.678. The number of benzene rings is 1. The van der Waals surface area contributed by atoms with Gasteiger partial charge in [0.1, 0.15) is 0 Å². The van der Waals surface area contributed by atoms with E-state index in [1.165, 1.54) is 16.4 Å². The first-order valence-electron chi connectivity index (χ1n) is 9.74. The number of nitrogens with zero attached hydrogens (tertiary/aromatic N) is 3. The van der Waals surface area contributed by atoms with Crippen molar-refractivity contribution < 1.29 is 31.5 Å². The van der Waals surface area contributed by atoms with Crippen molar-refractivity contribution in [3.63, 3.8) is 0 Å². The molecule has 2 heterocycles. The molecule has 0 aliphatic carbocycles. The number of hydrogen-bond acceptors (Lipinski definition) is 5. The Hall–Kier alpha value is -1.40. The number of hydrogen-bond donors (Lipinski definition) is 1. The van der Waals surface area contributed by atoms with Gasteiger partial charge in [0.2, 0.25) is 15.9 Å². The molecule has 2 fully saturated rings. The van der Waals surface area contributed by atoms with Crippen LogP contribution >= 0.6 is 12.4 Å². The molecule has 2 saturated heterocycles. The Morgan fingerprint density at radius 2 is 1.77 bits per heavy atom. The van der Waals surface area contributed by atoms with E-state index in [4.69, 9.17) is 0 Å². The molecule has 0 saturated carbocycles. The van der Waals surface area contributed by atoms with Crippen LogP contribution in [0.1, 0.15) is 17.5 Å². The van der Waals surface area contributed by atoms with E-state index in [0.717, 1.165) is 18.4 Å². The third-order valence-corrected chi connectivity index (χ3v) is 6.86. The van der Waals surface area contributed by atoms with Gasteiger partial charge in [0, 0.05) is 39.3 Å². The molecule has 1 amide bonds. The Balaban J connectivity index is 0.00000341. The highest BCUT2D eigenvalue weighted by atomic mass is 35.5. The summed E-state index contributed by atoms with van der Waals surface area (Å²) >= 11 is 0. The summed E-state index contributed by atoms with van der Waals surface area (Å²) < 4.78 is 63.5. The fourth-order valence-electron chi connectivity index (χ4n) is 3.98. The van der Waals surface area contributed by atoms with E-state index in [-0.39, 0.29) is 50.4 Å². The predicted molar refractivity (Wildman–Crippen MR) is 111 cm³/mol. The van der Waals surface area contributed by atoms with Crippen molar-refractivity contribution in [1.29, 1.82) is 0 Å². The van der Waals surface area contributed by atoms with Crippen molar-refractivity contribution in [2.24, 2.45) is 0 Å². The minimum atomic E-state index is -4.43. The Morgan fingerprint density at radius 1 is 1.13 bits per heavy atom. The lowest BCUT2D eigenvalue weighted by atomic mass is 10.1. The average molecular weight is 486 g/mol. The number of likely N-dealkylation sites (tertiary alicyclic amines) is 1. The standard InChI is InChI=1S/C19H26F3N3O4S.ClH/c1-30(28,29)24-8-9-25(16(12-24)11-23-7-6-17(26)13-23)18(27)10-14-2-4-15(5-3-14)19(20,21)22;/h2-5,16-17,26H,6-13H2,1H3;1H. The molecule has 2 aliphatic heterocycles. The molecule has 1 aromatic rings. The molecule has 31 heavy (non-hydrogen) atoms. The second kappa shape index (κ2) is 10.0. The predicted octanol–water partition coefficient (Wildman–Crippen LogP) is 1.21. The third-order valence-electron chi connectivity index (χ3n) is 5.59. The van der Waals surface area contributed by atoms with Gasteiger partial charge in [-0.3, -0.25) is 9.69 Å². The van der Waals surface area contributed by atoms with Crippen molar-refractivity contribution in [1.82, 2.24) is 14.1 Å². The molecule has 0 bridgehead atoms. The first kappa shape index (κ1) is 25.9. The van der Waals surface area contributed by atoms with Gasteiger partial charge in [-0.15, -0.1) is 12.4 Å². The molecule has 0 spiro atoms. The number of carbonyl (C=O) groups is 1. The summed E-state index contributed by atoms with van der Waals surface area (Å²) in [6, 6.07) is 4.10. The molecule has 0 aromatic heterocycles. The highest BCUT2D eigenvalue weighted by molar-refractivity contribution is 7.88. The number of aliphatic hydroxyl groups excluding tert-OH is 1. The summed E-state index contributed by atoms with van der Waals surface area (Å²) in [6.45, 7) is 2.12. The zero-order valence-corrected chi connectivity index (χ0v) is 18.7. The molecule has 1 aromatic carbocycles. The second-order valence-corrected chi connectivity index (χ2v) is 9.92. The van der Waals surface area contributed by atoms with Crippen LogP contribution in [0.4, 0.5) is 13.2 Å². The number of carbonyl (C=O) groups excluding carboxylic acids is 1. The van der Waals surface area contributed by atoms with Crippen molar-refractivity contribution in [2.45, 2.75) is 31.2 Å². The number of sulfonamides is 1. The van der Waals surface area contributed by atoms with Gasteiger partial charge in [0.15, 0.2) is 0 Å². The van der Waals surface area contributed by atoms with Crippen molar-refractivity contribution in [3.05, 3.63) is 35.4 Å². The molecule has 2 atom stereocenters. The zero-order chi connectivity index (χ0) is 22.1. The molecule has 2 unspecified atom stereocenters. The molecule has 2 aliphatic rings. The number of aliphatic hydroxyl groups is 1. The molecule has 0 radical (unpaired) electrons. The van der Waals surface area contributed by atoms with Crippen LogP contribution in [0.15, 0.2) is 24.3 Å². The van der Waals surface area contributed by atoms with Crippen molar-refractivity contribution in [2.75, 3.05) is 45.5 Å². The van der Waals surface area contributed by atoms with Crippen LogP contribution in [0.2, 0.25) is 0 Å². The van der Waals surface area contributed by atoms with Gasteiger partial charge >= 0.3 is 6.18 Å². The Labute approximate surface area is 186 Å². The molecule has 3 rings (SSSR count). The fourth-order valence-corrected chi connectivity index (χ4v) is 4.83. The number of alkyl halides is 3. The van der Waals surface area contributed by atoms with Crippen LogP contribution < -0.4 is 0 Å². The van der Waals surface area contributed by atoms with Crippen LogP contribution in [0.25, 0.3) is 0 Å². The largest absolute Gasteiger partial charge is 0.416 e. The molecule has 7 nitrogen and oxygen atoms in total. The number of β-amino-alcohol motifs (C(OH)–C–C–N with tert-alkyl or cyclic N) is 1. The molecular weight excluding hydrogens is 459 g/mol. The van der Waals surface area contributed by atoms with Gasteiger partial charge in [-0.2, -0.15) is 17.5 Å². The third kappa shape index (κ3) is 6.79. The van der Waals surface area contributed by atoms with E-state index in [1.807, 2.05) is 4.90 Å². The number of rotatable bonds is 5. The molecule has 176 valence electrons. The first-order valence-corrected chi connectivity index (χ1v) is 11.6. The van der Waals surface area contributed by atoms with Gasteiger partial charge in [-0.25, -0.2) is 8.42 Å². The second-order valence-electron chi connectivity index (χ2n) is 7.94. The topological polar surface area (TPSA) is 81.2 Å². The van der Waals surface area contributed by atoms with E-state index in [1.54, 1.807) is 4.90 Å². The summed E-state index contributed by atoms with van der Waals surface area (Å²) in [5, 5.41) is 9.75. The normalized spacial score (nSPS) is 23.6. The zero-order valence-electron chi connectivity index (χ0n) is 17.1. The van der Waals surface area contributed by atoms with E-state index in [0.29, 0.717) is 31.6 Å². The maximum atomic E-state index is 12.9. The van der Waals surface area contributed by atoms with Crippen molar-refractivity contribution in [3.8, 4) is 0 Å². The van der Waals surface area contributed by atoms with E-state index >= 15 is 0 Å². The fraction of sp³-hybridized carbons (Fsp3) is 0.632. The summed E-state index contributed by atoms with van der Waals surface area (Å²) in [6.07, 6.45) is -3.17. The highest BCUT2D eigenvalue weighted by Crippen LogP contribution is 2.29. The summed E-state index contributed by atoms with van der Waals surface area (Å²) in [5.74, 6) is -0.257. The maximum absolute atomic E-state index is 12.9. The lowest BCUT2D eigenvalue weighted by molar-refractivity contribution is -0.137. The highest BCUT2D eigenvalue weighted by Gasteiger charge is 2.36. The number of piperazine rings is 1. The Kier molecular flexibility index (Phi) is 8.37. The molecule has 12 heteroatoms. The molecular formula is C19H27ClF3N3O4S. The average Bonchev–Trinajstić information content (AvgIpc) is 3.05. The Morgan fingerprint density at radius 3 is 2.29 bits per heavy atom. The van der Waals surface area contributed by atoms with Gasteiger partial charge in [0.25, 0.3) is 0 Å². The minimum absolute atomic E-state index is 0. The van der Waals surface area contributed by atoms with Gasteiger partial charge in [-0.05, 0) is 24.1 Å². The maximum Gasteiger partial charge on any atom is 0.416 e. The number of amides is 1. The lowest BCUT2D eigenvalue weighted by Crippen LogP contribution is -2.59. The monoisotopic (exact) mass is 485 g/mol. The van der Waals surface area contributed by atoms with Crippen LogP contribution in [0, 0.1) is 0 Å². The smallest absolute Gasteiger partial charge is 0.392 e. The van der Waals surface area contributed by atoms with Gasteiger partial charge < -0.3 is 10.0 Å². The van der Waals surface area contributed by atoms with Gasteiger partial charge in [0.05, 0.1) is 30.4 Å². The summed E-state index contributed by atoms with van der Waals surface area (Å²) in [4.78, 5) is 16.5. The van der Waals surface area contributed by atoms with E-state index < -0.39 is 27.9 Å².